The van der Waals surface area contributed by atoms with Gasteiger partial charge >= 0.3 is 0 Å². The van der Waals surface area contributed by atoms with Crippen LogP contribution >= 0.6 is 0 Å². The highest BCUT2D eigenvalue weighted by Crippen LogP contribution is 2.24. The summed E-state index contributed by atoms with van der Waals surface area (Å²) in [5, 5.41) is 12.7. The summed E-state index contributed by atoms with van der Waals surface area (Å²) in [6.45, 7) is 2.29. The predicted molar refractivity (Wildman–Crippen MR) is 85.6 cm³/mol. The van der Waals surface area contributed by atoms with Crippen molar-refractivity contribution in [1.29, 1.82) is 0 Å². The number of hydrogen-bond acceptors (Lipinski definition) is 3. The van der Waals surface area contributed by atoms with E-state index < -0.39 is 0 Å². The van der Waals surface area contributed by atoms with Crippen molar-refractivity contribution in [2.75, 3.05) is 13.7 Å². The number of methoxy groups -OCH3 is 1. The van der Waals surface area contributed by atoms with Crippen molar-refractivity contribution >= 4 is 0 Å². The van der Waals surface area contributed by atoms with Crippen LogP contribution in [0.1, 0.15) is 30.5 Å². The number of ether oxygens (including phenoxy) is 1. The van der Waals surface area contributed by atoms with E-state index in [0.717, 1.165) is 12.2 Å². The van der Waals surface area contributed by atoms with Crippen LogP contribution in [0.2, 0.25) is 0 Å². The predicted octanol–water partition coefficient (Wildman–Crippen LogP) is 3.15. The molecule has 0 bridgehead atoms. The first-order valence-corrected chi connectivity index (χ1v) is 7.30. The van der Waals surface area contributed by atoms with Crippen LogP contribution in [0.5, 0.6) is 5.75 Å². The van der Waals surface area contributed by atoms with E-state index in [1.807, 2.05) is 30.3 Å². The number of hydrogen-bond donors (Lipinski definition) is 2. The first-order chi connectivity index (χ1) is 10.2. The minimum absolute atomic E-state index is 0.110. The Morgan fingerprint density at radius 3 is 2.19 bits per heavy atom. The lowest BCUT2D eigenvalue weighted by Gasteiger charge is -2.24. The summed E-state index contributed by atoms with van der Waals surface area (Å²) in [5.74, 6) is 0.856. The van der Waals surface area contributed by atoms with Crippen molar-refractivity contribution in [3.63, 3.8) is 0 Å². The quantitative estimate of drug-likeness (QED) is 0.821. The van der Waals surface area contributed by atoms with Gasteiger partial charge in [-0.2, -0.15) is 0 Å². The van der Waals surface area contributed by atoms with Gasteiger partial charge in [-0.15, -0.1) is 0 Å². The van der Waals surface area contributed by atoms with Gasteiger partial charge in [0.05, 0.1) is 13.2 Å². The lowest BCUT2D eigenvalue weighted by Crippen LogP contribution is -2.32. The lowest BCUT2D eigenvalue weighted by molar-refractivity contribution is 0.266. The van der Waals surface area contributed by atoms with Gasteiger partial charge in [0.15, 0.2) is 0 Å². The molecular formula is C18H23NO2. The highest BCUT2D eigenvalue weighted by Gasteiger charge is 2.16. The lowest BCUT2D eigenvalue weighted by atomic mass is 9.97. The van der Waals surface area contributed by atoms with Crippen LogP contribution < -0.4 is 10.1 Å². The summed E-state index contributed by atoms with van der Waals surface area (Å²) >= 11 is 0. The second kappa shape index (κ2) is 7.81. The molecule has 0 amide bonds. The van der Waals surface area contributed by atoms with Crippen molar-refractivity contribution in [3.8, 4) is 5.75 Å². The maximum Gasteiger partial charge on any atom is 0.118 e. The molecule has 0 aromatic heterocycles. The molecule has 0 aliphatic heterocycles. The normalized spacial score (nSPS) is 13.7. The van der Waals surface area contributed by atoms with E-state index in [1.54, 1.807) is 7.11 Å². The van der Waals surface area contributed by atoms with Crippen molar-refractivity contribution in [1.82, 2.24) is 5.32 Å². The third-order valence-corrected chi connectivity index (χ3v) is 3.60. The molecule has 2 unspecified atom stereocenters. The van der Waals surface area contributed by atoms with Crippen LogP contribution in [0.3, 0.4) is 0 Å². The summed E-state index contributed by atoms with van der Waals surface area (Å²) < 4.78 is 5.22. The largest absolute Gasteiger partial charge is 0.497 e. The highest BCUT2D eigenvalue weighted by atomic mass is 16.5. The van der Waals surface area contributed by atoms with E-state index in [9.17, 15) is 0 Å². The Morgan fingerprint density at radius 1 is 1.00 bits per heavy atom. The maximum atomic E-state index is 9.10. The molecule has 2 N–H and O–H groups in total. The third-order valence-electron chi connectivity index (χ3n) is 3.60. The average molecular weight is 285 g/mol. The summed E-state index contributed by atoms with van der Waals surface area (Å²) in [7, 11) is 1.67. The van der Waals surface area contributed by atoms with Crippen LogP contribution in [-0.2, 0) is 0 Å². The van der Waals surface area contributed by atoms with E-state index in [-0.39, 0.29) is 18.7 Å². The molecule has 112 valence electrons. The molecule has 2 aromatic carbocycles. The highest BCUT2D eigenvalue weighted by molar-refractivity contribution is 5.35. The molecular weight excluding hydrogens is 262 g/mol. The smallest absolute Gasteiger partial charge is 0.118 e. The standard InChI is InChI=1S/C18H23NO2/c1-14(12-13-20)19-18(15-6-4-3-5-7-15)16-8-10-17(21-2)11-9-16/h3-11,14,18-20H,12-13H2,1-2H3. The molecule has 0 spiro atoms. The minimum atomic E-state index is 0.110. The van der Waals surface area contributed by atoms with Crippen molar-refractivity contribution < 1.29 is 9.84 Å². The summed E-state index contributed by atoms with van der Waals surface area (Å²) in [4.78, 5) is 0. The van der Waals surface area contributed by atoms with Gasteiger partial charge in [0, 0.05) is 12.6 Å². The number of benzene rings is 2. The van der Waals surface area contributed by atoms with E-state index in [0.29, 0.717) is 0 Å². The Morgan fingerprint density at radius 2 is 1.62 bits per heavy atom. The fourth-order valence-electron chi connectivity index (χ4n) is 2.39. The summed E-state index contributed by atoms with van der Waals surface area (Å²) in [6, 6.07) is 18.8. The molecule has 0 aliphatic carbocycles. The zero-order valence-electron chi connectivity index (χ0n) is 12.6. The second-order valence-electron chi connectivity index (χ2n) is 5.20. The Labute approximate surface area is 126 Å². The molecule has 0 saturated heterocycles. The Balaban J connectivity index is 2.26. The van der Waals surface area contributed by atoms with E-state index in [4.69, 9.17) is 9.84 Å². The molecule has 0 heterocycles. The van der Waals surface area contributed by atoms with Gasteiger partial charge in [-0.05, 0) is 36.6 Å². The average Bonchev–Trinajstić information content (AvgIpc) is 2.54. The Hall–Kier alpha value is -1.84. The first kappa shape index (κ1) is 15.5. The summed E-state index contributed by atoms with van der Waals surface area (Å²) in [5.41, 5.74) is 2.40. The Kier molecular flexibility index (Phi) is 5.78. The van der Waals surface area contributed by atoms with E-state index >= 15 is 0 Å². The molecule has 2 rings (SSSR count). The van der Waals surface area contributed by atoms with Gasteiger partial charge in [-0.3, -0.25) is 0 Å². The van der Waals surface area contributed by atoms with Crippen LogP contribution in [-0.4, -0.2) is 24.9 Å². The third kappa shape index (κ3) is 4.31. The zero-order chi connectivity index (χ0) is 15.1. The van der Waals surface area contributed by atoms with Crippen LogP contribution in [0.25, 0.3) is 0 Å². The maximum absolute atomic E-state index is 9.10. The molecule has 2 atom stereocenters. The molecule has 3 nitrogen and oxygen atoms in total. The van der Waals surface area contributed by atoms with Gasteiger partial charge in [-0.1, -0.05) is 42.5 Å². The molecule has 2 aromatic rings. The van der Waals surface area contributed by atoms with Gasteiger partial charge in [0.1, 0.15) is 5.75 Å². The van der Waals surface area contributed by atoms with Crippen molar-refractivity contribution in [2.45, 2.75) is 25.4 Å². The Bertz CT molecular complexity index is 525. The van der Waals surface area contributed by atoms with Crippen molar-refractivity contribution in [2.24, 2.45) is 0 Å². The zero-order valence-corrected chi connectivity index (χ0v) is 12.6. The van der Waals surface area contributed by atoms with Gasteiger partial charge < -0.3 is 15.2 Å². The van der Waals surface area contributed by atoms with Crippen LogP contribution in [0.15, 0.2) is 54.6 Å². The van der Waals surface area contributed by atoms with Crippen molar-refractivity contribution in [3.05, 3.63) is 65.7 Å². The fraction of sp³-hybridized carbons (Fsp3) is 0.333. The number of nitrogens with one attached hydrogen (secondary N) is 1. The first-order valence-electron chi connectivity index (χ1n) is 7.30. The second-order valence-corrected chi connectivity index (χ2v) is 5.20. The molecule has 0 radical (unpaired) electrons. The monoisotopic (exact) mass is 285 g/mol. The SMILES string of the molecule is COc1ccc(C(NC(C)CCO)c2ccccc2)cc1. The number of aliphatic hydroxyl groups excluding tert-OH is 1. The van der Waals surface area contributed by atoms with Crippen LogP contribution in [0, 0.1) is 0 Å². The summed E-state index contributed by atoms with van der Waals surface area (Å²) in [6.07, 6.45) is 0.736. The molecule has 0 saturated carbocycles. The van der Waals surface area contributed by atoms with E-state index in [1.165, 1.54) is 11.1 Å². The van der Waals surface area contributed by atoms with E-state index in [2.05, 4.69) is 36.5 Å². The molecule has 0 aliphatic rings. The minimum Gasteiger partial charge on any atom is -0.497 e. The van der Waals surface area contributed by atoms with Gasteiger partial charge in [-0.25, -0.2) is 0 Å². The topological polar surface area (TPSA) is 41.5 Å². The number of rotatable bonds is 7. The molecule has 21 heavy (non-hydrogen) atoms. The van der Waals surface area contributed by atoms with Crippen LogP contribution in [0.4, 0.5) is 0 Å². The molecule has 0 fully saturated rings. The van der Waals surface area contributed by atoms with Gasteiger partial charge in [0.2, 0.25) is 0 Å². The fourth-order valence-corrected chi connectivity index (χ4v) is 2.39. The molecule has 3 heteroatoms. The van der Waals surface area contributed by atoms with Gasteiger partial charge in [0.25, 0.3) is 0 Å². The number of aliphatic hydroxyl groups is 1.